The lowest BCUT2D eigenvalue weighted by molar-refractivity contribution is -0.148. The average Bonchev–Trinajstić information content (AvgIpc) is 2.40. The van der Waals surface area contributed by atoms with Gasteiger partial charge < -0.3 is 18.9 Å². The highest BCUT2D eigenvalue weighted by atomic mass is 79.9. The predicted molar refractivity (Wildman–Crippen MR) is 72.3 cm³/mol. The van der Waals surface area contributed by atoms with Gasteiger partial charge in [-0.2, -0.15) is 0 Å². The van der Waals surface area contributed by atoms with Gasteiger partial charge in [0.25, 0.3) is 0 Å². The molecule has 1 saturated heterocycles. The number of hydrogen-bond donors (Lipinski definition) is 0. The van der Waals surface area contributed by atoms with Gasteiger partial charge in [-0.25, -0.2) is 0 Å². The Balaban J connectivity index is 1.62. The summed E-state index contributed by atoms with van der Waals surface area (Å²) in [5.74, 6) is 0. The fourth-order valence-corrected chi connectivity index (χ4v) is 3.20. The molecular formula is C13H23BrO4. The molecule has 2 aliphatic rings. The third-order valence-electron chi connectivity index (χ3n) is 3.55. The van der Waals surface area contributed by atoms with Crippen LogP contribution in [0.25, 0.3) is 0 Å². The Labute approximate surface area is 117 Å². The lowest BCUT2D eigenvalue weighted by atomic mass is 9.91. The maximum atomic E-state index is 5.91. The van der Waals surface area contributed by atoms with Crippen LogP contribution in [0.15, 0.2) is 0 Å². The molecule has 4 atom stereocenters. The van der Waals surface area contributed by atoms with E-state index in [9.17, 15) is 0 Å². The van der Waals surface area contributed by atoms with Crippen molar-refractivity contribution in [2.45, 2.75) is 48.8 Å². The van der Waals surface area contributed by atoms with Crippen LogP contribution >= 0.6 is 15.9 Å². The molecule has 4 nitrogen and oxygen atoms in total. The summed E-state index contributed by atoms with van der Waals surface area (Å²) >= 11 is 3.61. The van der Waals surface area contributed by atoms with E-state index in [2.05, 4.69) is 15.9 Å². The molecule has 5 heteroatoms. The summed E-state index contributed by atoms with van der Waals surface area (Å²) < 4.78 is 22.3. The first-order chi connectivity index (χ1) is 8.81. The Morgan fingerprint density at radius 2 is 2.11 bits per heavy atom. The standard InChI is InChI=1S/C13H23BrO4/c1-15-6-7-17-13-11(14)8-12(13)18-9-10-4-2-3-5-16-10/h10-13H,2-9H2,1H3. The summed E-state index contributed by atoms with van der Waals surface area (Å²) in [4.78, 5) is 0.409. The molecule has 2 fully saturated rings. The van der Waals surface area contributed by atoms with Crippen LogP contribution in [0.5, 0.6) is 0 Å². The zero-order chi connectivity index (χ0) is 12.8. The Bertz CT molecular complexity index is 233. The number of rotatable bonds is 7. The van der Waals surface area contributed by atoms with Gasteiger partial charge in [-0.15, -0.1) is 0 Å². The number of ether oxygens (including phenoxy) is 4. The summed E-state index contributed by atoms with van der Waals surface area (Å²) in [5, 5.41) is 0. The van der Waals surface area contributed by atoms with Crippen LogP contribution in [-0.2, 0) is 18.9 Å². The molecule has 0 amide bonds. The summed E-state index contributed by atoms with van der Waals surface area (Å²) in [6.07, 6.45) is 5.23. The summed E-state index contributed by atoms with van der Waals surface area (Å²) in [6, 6.07) is 0. The topological polar surface area (TPSA) is 36.9 Å². The molecule has 1 aliphatic carbocycles. The van der Waals surface area contributed by atoms with E-state index in [1.807, 2.05) is 0 Å². The maximum Gasteiger partial charge on any atom is 0.0963 e. The van der Waals surface area contributed by atoms with Gasteiger partial charge in [0.05, 0.1) is 38.1 Å². The zero-order valence-corrected chi connectivity index (χ0v) is 12.6. The molecule has 0 spiro atoms. The molecule has 0 aromatic carbocycles. The van der Waals surface area contributed by atoms with Gasteiger partial charge in [0.1, 0.15) is 0 Å². The third kappa shape index (κ3) is 4.17. The van der Waals surface area contributed by atoms with Gasteiger partial charge in [0, 0.05) is 18.5 Å². The molecule has 1 saturated carbocycles. The lowest BCUT2D eigenvalue weighted by Gasteiger charge is -2.41. The highest BCUT2D eigenvalue weighted by molar-refractivity contribution is 9.09. The van der Waals surface area contributed by atoms with Crippen LogP contribution in [0.2, 0.25) is 0 Å². The largest absolute Gasteiger partial charge is 0.382 e. The zero-order valence-electron chi connectivity index (χ0n) is 11.0. The first-order valence-corrected chi connectivity index (χ1v) is 7.70. The van der Waals surface area contributed by atoms with Gasteiger partial charge >= 0.3 is 0 Å². The highest BCUT2D eigenvalue weighted by Crippen LogP contribution is 2.33. The summed E-state index contributed by atoms with van der Waals surface area (Å²) in [6.45, 7) is 2.85. The molecule has 0 N–H and O–H groups in total. The molecule has 0 radical (unpaired) electrons. The second-order valence-corrected chi connectivity index (χ2v) is 6.12. The van der Waals surface area contributed by atoms with Crippen molar-refractivity contribution in [1.29, 1.82) is 0 Å². The lowest BCUT2D eigenvalue weighted by Crippen LogP contribution is -2.51. The first-order valence-electron chi connectivity index (χ1n) is 6.79. The minimum atomic E-state index is 0.156. The Morgan fingerprint density at radius 1 is 1.22 bits per heavy atom. The minimum Gasteiger partial charge on any atom is -0.382 e. The van der Waals surface area contributed by atoms with Gasteiger partial charge in [0.2, 0.25) is 0 Å². The van der Waals surface area contributed by atoms with Crippen LogP contribution in [-0.4, -0.2) is 56.7 Å². The van der Waals surface area contributed by atoms with Crippen LogP contribution < -0.4 is 0 Å². The van der Waals surface area contributed by atoms with Crippen LogP contribution in [0.3, 0.4) is 0 Å². The Morgan fingerprint density at radius 3 is 2.78 bits per heavy atom. The average molecular weight is 323 g/mol. The SMILES string of the molecule is COCCOC1C(Br)CC1OCC1CCCCO1. The van der Waals surface area contributed by atoms with E-state index in [1.165, 1.54) is 12.8 Å². The van der Waals surface area contributed by atoms with E-state index < -0.39 is 0 Å². The van der Waals surface area contributed by atoms with Crippen molar-refractivity contribution in [2.24, 2.45) is 0 Å². The predicted octanol–water partition coefficient (Wildman–Crippen LogP) is 2.14. The first kappa shape index (κ1) is 14.7. The van der Waals surface area contributed by atoms with Crippen LogP contribution in [0, 0.1) is 0 Å². The van der Waals surface area contributed by atoms with Crippen LogP contribution in [0.1, 0.15) is 25.7 Å². The molecule has 106 valence electrons. The van der Waals surface area contributed by atoms with Gasteiger partial charge in [-0.1, -0.05) is 15.9 Å². The van der Waals surface area contributed by atoms with E-state index in [1.54, 1.807) is 7.11 Å². The normalized spacial score (nSPS) is 36.3. The maximum absolute atomic E-state index is 5.91. The number of methoxy groups -OCH3 is 1. The molecule has 1 heterocycles. The molecule has 1 aliphatic heterocycles. The second-order valence-electron chi connectivity index (χ2n) is 4.94. The fourth-order valence-electron chi connectivity index (χ4n) is 2.34. The van der Waals surface area contributed by atoms with E-state index in [-0.39, 0.29) is 18.3 Å². The highest BCUT2D eigenvalue weighted by Gasteiger charge is 2.41. The van der Waals surface area contributed by atoms with E-state index in [0.717, 1.165) is 19.4 Å². The van der Waals surface area contributed by atoms with E-state index in [0.29, 0.717) is 24.6 Å². The van der Waals surface area contributed by atoms with Gasteiger partial charge in [-0.05, 0) is 25.7 Å². The van der Waals surface area contributed by atoms with Crippen molar-refractivity contribution in [3.63, 3.8) is 0 Å². The fraction of sp³-hybridized carbons (Fsp3) is 1.00. The Kier molecular flexibility index (Phi) is 6.38. The Hall–Kier alpha value is 0.320. The summed E-state index contributed by atoms with van der Waals surface area (Å²) in [7, 11) is 1.68. The molecule has 0 bridgehead atoms. The van der Waals surface area contributed by atoms with Crippen molar-refractivity contribution in [3.05, 3.63) is 0 Å². The van der Waals surface area contributed by atoms with Crippen molar-refractivity contribution >= 4 is 15.9 Å². The summed E-state index contributed by atoms with van der Waals surface area (Å²) in [5.41, 5.74) is 0. The van der Waals surface area contributed by atoms with Crippen LogP contribution in [0.4, 0.5) is 0 Å². The number of alkyl halides is 1. The molecule has 18 heavy (non-hydrogen) atoms. The van der Waals surface area contributed by atoms with Crippen molar-refractivity contribution in [1.82, 2.24) is 0 Å². The third-order valence-corrected chi connectivity index (χ3v) is 4.44. The number of halogens is 1. The quantitative estimate of drug-likeness (QED) is 0.531. The van der Waals surface area contributed by atoms with Crippen molar-refractivity contribution < 1.29 is 18.9 Å². The monoisotopic (exact) mass is 322 g/mol. The van der Waals surface area contributed by atoms with Gasteiger partial charge in [0.15, 0.2) is 0 Å². The van der Waals surface area contributed by atoms with Gasteiger partial charge in [-0.3, -0.25) is 0 Å². The minimum absolute atomic E-state index is 0.156. The van der Waals surface area contributed by atoms with E-state index >= 15 is 0 Å². The van der Waals surface area contributed by atoms with Crippen molar-refractivity contribution in [3.8, 4) is 0 Å². The molecular weight excluding hydrogens is 300 g/mol. The second kappa shape index (κ2) is 7.80. The molecule has 4 unspecified atom stereocenters. The smallest absolute Gasteiger partial charge is 0.0963 e. The van der Waals surface area contributed by atoms with Crippen molar-refractivity contribution in [2.75, 3.05) is 33.5 Å². The molecule has 0 aromatic heterocycles. The number of hydrogen-bond acceptors (Lipinski definition) is 4. The molecule has 2 rings (SSSR count). The molecule has 0 aromatic rings. The van der Waals surface area contributed by atoms with E-state index in [4.69, 9.17) is 18.9 Å².